The molecule has 0 bridgehead atoms. The second kappa shape index (κ2) is 6.61. The molecule has 1 fully saturated rings. The molecular formula is C13H24N2O3. The molecule has 2 N–H and O–H groups in total. The van der Waals surface area contributed by atoms with Gasteiger partial charge in [0.25, 0.3) is 0 Å². The zero-order valence-electron chi connectivity index (χ0n) is 11.5. The van der Waals surface area contributed by atoms with Gasteiger partial charge in [-0.3, -0.25) is 4.79 Å². The summed E-state index contributed by atoms with van der Waals surface area (Å²) in [6.07, 6.45) is 3.61. The number of amides is 2. The van der Waals surface area contributed by atoms with Crippen molar-refractivity contribution in [3.05, 3.63) is 0 Å². The molecule has 104 valence electrons. The lowest BCUT2D eigenvalue weighted by atomic mass is 9.80. The highest BCUT2D eigenvalue weighted by molar-refractivity contribution is 5.76. The number of aliphatic carboxylic acids is 1. The van der Waals surface area contributed by atoms with Crippen LogP contribution in [0.2, 0.25) is 0 Å². The summed E-state index contributed by atoms with van der Waals surface area (Å²) in [6.45, 7) is 6.29. The maximum absolute atomic E-state index is 12.0. The van der Waals surface area contributed by atoms with Crippen molar-refractivity contribution in [2.75, 3.05) is 13.1 Å². The molecule has 1 saturated carbocycles. The summed E-state index contributed by atoms with van der Waals surface area (Å²) in [6, 6.07) is 0.0328. The molecule has 2 unspecified atom stereocenters. The molecule has 0 aliphatic heterocycles. The van der Waals surface area contributed by atoms with E-state index in [4.69, 9.17) is 5.11 Å². The van der Waals surface area contributed by atoms with E-state index < -0.39 is 11.9 Å². The van der Waals surface area contributed by atoms with Crippen molar-refractivity contribution in [2.45, 2.75) is 46.1 Å². The van der Waals surface area contributed by atoms with Crippen molar-refractivity contribution in [2.24, 2.45) is 11.8 Å². The summed E-state index contributed by atoms with van der Waals surface area (Å²) >= 11 is 0. The van der Waals surface area contributed by atoms with Gasteiger partial charge in [-0.1, -0.05) is 13.3 Å². The Morgan fingerprint density at radius 3 is 2.39 bits per heavy atom. The molecule has 18 heavy (non-hydrogen) atoms. The van der Waals surface area contributed by atoms with Crippen LogP contribution in [0.5, 0.6) is 0 Å². The number of urea groups is 1. The van der Waals surface area contributed by atoms with E-state index in [1.54, 1.807) is 11.8 Å². The first kappa shape index (κ1) is 14.8. The van der Waals surface area contributed by atoms with Gasteiger partial charge in [-0.25, -0.2) is 4.79 Å². The number of rotatable bonds is 6. The number of carbonyl (C=O) groups is 2. The number of carbonyl (C=O) groups excluding carboxylic acids is 1. The van der Waals surface area contributed by atoms with E-state index in [0.29, 0.717) is 12.5 Å². The molecule has 0 heterocycles. The van der Waals surface area contributed by atoms with E-state index in [1.165, 1.54) is 19.3 Å². The van der Waals surface area contributed by atoms with Gasteiger partial charge in [0.2, 0.25) is 0 Å². The van der Waals surface area contributed by atoms with Crippen LogP contribution in [0, 0.1) is 11.8 Å². The minimum Gasteiger partial charge on any atom is -0.481 e. The van der Waals surface area contributed by atoms with Crippen molar-refractivity contribution in [1.82, 2.24) is 10.2 Å². The molecule has 2 amide bonds. The Morgan fingerprint density at radius 2 is 2.00 bits per heavy atom. The van der Waals surface area contributed by atoms with E-state index in [0.717, 1.165) is 0 Å². The average molecular weight is 256 g/mol. The largest absolute Gasteiger partial charge is 0.481 e. The van der Waals surface area contributed by atoms with Crippen LogP contribution in [-0.4, -0.2) is 41.1 Å². The third-order valence-corrected chi connectivity index (χ3v) is 3.79. The fourth-order valence-electron chi connectivity index (χ4n) is 2.11. The summed E-state index contributed by atoms with van der Waals surface area (Å²) in [7, 11) is 0. The molecule has 1 aliphatic carbocycles. The van der Waals surface area contributed by atoms with Crippen LogP contribution in [0.1, 0.15) is 40.0 Å². The van der Waals surface area contributed by atoms with Crippen LogP contribution >= 0.6 is 0 Å². The van der Waals surface area contributed by atoms with Gasteiger partial charge in [-0.2, -0.15) is 0 Å². The van der Waals surface area contributed by atoms with E-state index in [1.807, 2.05) is 13.8 Å². The van der Waals surface area contributed by atoms with Crippen molar-refractivity contribution >= 4 is 12.0 Å². The summed E-state index contributed by atoms with van der Waals surface area (Å²) in [5, 5.41) is 11.8. The Hall–Kier alpha value is -1.26. The van der Waals surface area contributed by atoms with E-state index in [-0.39, 0.29) is 18.6 Å². The summed E-state index contributed by atoms with van der Waals surface area (Å²) in [5.41, 5.74) is 0. The topological polar surface area (TPSA) is 69.6 Å². The number of carboxylic acids is 1. The van der Waals surface area contributed by atoms with Crippen molar-refractivity contribution in [3.63, 3.8) is 0 Å². The zero-order valence-corrected chi connectivity index (χ0v) is 11.5. The molecule has 0 spiro atoms. The van der Waals surface area contributed by atoms with Gasteiger partial charge in [-0.05, 0) is 32.6 Å². The van der Waals surface area contributed by atoms with Crippen molar-refractivity contribution < 1.29 is 14.7 Å². The zero-order chi connectivity index (χ0) is 13.7. The maximum atomic E-state index is 12.0. The highest BCUT2D eigenvalue weighted by atomic mass is 16.4. The van der Waals surface area contributed by atoms with Crippen LogP contribution in [0.4, 0.5) is 4.79 Å². The predicted molar refractivity (Wildman–Crippen MR) is 69.4 cm³/mol. The highest BCUT2D eigenvalue weighted by Gasteiger charge is 2.27. The Labute approximate surface area is 109 Å². The fourth-order valence-corrected chi connectivity index (χ4v) is 2.11. The molecule has 0 aromatic rings. The second-order valence-corrected chi connectivity index (χ2v) is 5.21. The Bertz CT molecular complexity index is 303. The quantitative estimate of drug-likeness (QED) is 0.763. The molecule has 0 radical (unpaired) electrons. The van der Waals surface area contributed by atoms with Gasteiger partial charge in [0.1, 0.15) is 0 Å². The van der Waals surface area contributed by atoms with Crippen LogP contribution in [-0.2, 0) is 4.79 Å². The minimum atomic E-state index is -0.867. The van der Waals surface area contributed by atoms with Crippen LogP contribution in [0.25, 0.3) is 0 Å². The van der Waals surface area contributed by atoms with Crippen LogP contribution < -0.4 is 5.32 Å². The molecule has 2 atom stereocenters. The van der Waals surface area contributed by atoms with Gasteiger partial charge in [0.05, 0.1) is 5.92 Å². The monoisotopic (exact) mass is 256 g/mol. The second-order valence-electron chi connectivity index (χ2n) is 5.21. The maximum Gasteiger partial charge on any atom is 0.317 e. The first-order chi connectivity index (χ1) is 8.45. The third-order valence-electron chi connectivity index (χ3n) is 3.79. The Kier molecular flexibility index (Phi) is 5.44. The number of hydrogen-bond acceptors (Lipinski definition) is 2. The van der Waals surface area contributed by atoms with Crippen LogP contribution in [0.3, 0.4) is 0 Å². The van der Waals surface area contributed by atoms with E-state index >= 15 is 0 Å². The molecule has 0 saturated heterocycles. The number of carboxylic acid groups (broad SMARTS) is 1. The van der Waals surface area contributed by atoms with Gasteiger partial charge in [-0.15, -0.1) is 0 Å². The molecule has 1 rings (SSSR count). The van der Waals surface area contributed by atoms with Crippen molar-refractivity contribution in [1.29, 1.82) is 0 Å². The highest BCUT2D eigenvalue weighted by Crippen LogP contribution is 2.29. The van der Waals surface area contributed by atoms with E-state index in [9.17, 15) is 9.59 Å². The lowest BCUT2D eigenvalue weighted by Crippen LogP contribution is -2.49. The van der Waals surface area contributed by atoms with Crippen molar-refractivity contribution in [3.8, 4) is 0 Å². The molecule has 5 nitrogen and oxygen atoms in total. The van der Waals surface area contributed by atoms with Crippen LogP contribution in [0.15, 0.2) is 0 Å². The molecule has 0 aromatic heterocycles. The first-order valence-electron chi connectivity index (χ1n) is 6.74. The number of hydrogen-bond donors (Lipinski definition) is 2. The summed E-state index contributed by atoms with van der Waals surface area (Å²) in [4.78, 5) is 24.4. The number of nitrogens with one attached hydrogen (secondary N) is 1. The smallest absolute Gasteiger partial charge is 0.317 e. The average Bonchev–Trinajstić information content (AvgIpc) is 2.22. The van der Waals surface area contributed by atoms with Gasteiger partial charge in [0.15, 0.2) is 0 Å². The first-order valence-corrected chi connectivity index (χ1v) is 6.74. The predicted octanol–water partition coefficient (Wildman–Crippen LogP) is 1.93. The standard InChI is InChI=1S/C13H24N2O3/c1-4-15(8-9(2)12(16)17)13(18)14-10(3)11-6-5-7-11/h9-11H,4-8H2,1-3H3,(H,14,18)(H,16,17). The minimum absolute atomic E-state index is 0.148. The molecule has 1 aliphatic rings. The fraction of sp³-hybridized carbons (Fsp3) is 0.846. The lowest BCUT2D eigenvalue weighted by molar-refractivity contribution is -0.141. The molecule has 5 heteroatoms. The summed E-state index contributed by atoms with van der Waals surface area (Å²) in [5.74, 6) is -0.812. The number of nitrogens with zero attached hydrogens (tertiary/aromatic N) is 1. The van der Waals surface area contributed by atoms with Gasteiger partial charge < -0.3 is 15.3 Å². The van der Waals surface area contributed by atoms with E-state index in [2.05, 4.69) is 5.32 Å². The normalized spacial score (nSPS) is 18.6. The SMILES string of the molecule is CCN(CC(C)C(=O)O)C(=O)NC(C)C1CCC1. The lowest BCUT2D eigenvalue weighted by Gasteiger charge is -2.33. The van der Waals surface area contributed by atoms with Gasteiger partial charge >= 0.3 is 12.0 Å². The van der Waals surface area contributed by atoms with Gasteiger partial charge in [0, 0.05) is 19.1 Å². The Balaban J connectivity index is 2.43. The molecular weight excluding hydrogens is 232 g/mol. The molecule has 0 aromatic carbocycles. The third kappa shape index (κ3) is 3.89. The Morgan fingerprint density at radius 1 is 1.39 bits per heavy atom. The summed E-state index contributed by atoms with van der Waals surface area (Å²) < 4.78 is 0.